The van der Waals surface area contributed by atoms with Crippen molar-refractivity contribution in [1.29, 1.82) is 0 Å². The lowest BCUT2D eigenvalue weighted by molar-refractivity contribution is -0.135. The molecule has 0 aliphatic carbocycles. The zero-order chi connectivity index (χ0) is 22.3. The predicted molar refractivity (Wildman–Crippen MR) is 128 cm³/mol. The quantitative estimate of drug-likeness (QED) is 0.462. The van der Waals surface area contributed by atoms with E-state index in [2.05, 4.69) is 0 Å². The molecular weight excluding hydrogens is 386 g/mol. The summed E-state index contributed by atoms with van der Waals surface area (Å²) in [4.78, 5) is 19.7. The van der Waals surface area contributed by atoms with Crippen LogP contribution in [0.1, 0.15) is 16.7 Å². The molecule has 4 rings (SSSR count). The van der Waals surface area contributed by atoms with Crippen LogP contribution in [0.3, 0.4) is 0 Å². The Morgan fingerprint density at radius 3 is 1.45 bits per heavy atom. The molecule has 1 heterocycles. The number of anilines is 3. The minimum atomic E-state index is -1.00. The van der Waals surface area contributed by atoms with Gasteiger partial charge in [0.05, 0.1) is 0 Å². The summed E-state index contributed by atoms with van der Waals surface area (Å²) in [5.41, 5.74) is 4.82. The van der Waals surface area contributed by atoms with Gasteiger partial charge in [-0.15, -0.1) is 0 Å². The summed E-state index contributed by atoms with van der Waals surface area (Å²) in [7, 11) is 12.0. The van der Waals surface area contributed by atoms with Crippen LogP contribution in [-0.4, -0.2) is 48.3 Å². The van der Waals surface area contributed by atoms with Gasteiger partial charge in [-0.2, -0.15) is 0 Å². The fourth-order valence-corrected chi connectivity index (χ4v) is 4.20. The van der Waals surface area contributed by atoms with E-state index in [-0.39, 0.29) is 5.97 Å². The fourth-order valence-electron chi connectivity index (χ4n) is 4.20. The van der Waals surface area contributed by atoms with Crippen molar-refractivity contribution in [3.63, 3.8) is 0 Å². The second-order valence-corrected chi connectivity index (χ2v) is 8.60. The van der Waals surface area contributed by atoms with Gasteiger partial charge in [0.2, 0.25) is 0 Å². The van der Waals surface area contributed by atoms with E-state index in [0.29, 0.717) is 5.75 Å². The molecule has 3 aromatic carbocycles. The molecule has 31 heavy (non-hydrogen) atoms. The molecule has 0 unspecified atom stereocenters. The normalized spacial score (nSPS) is 14.1. The lowest BCUT2D eigenvalue weighted by Gasteiger charge is -2.29. The van der Waals surface area contributed by atoms with Gasteiger partial charge in [-0.1, -0.05) is 30.3 Å². The Bertz CT molecular complexity index is 1050. The molecule has 0 atom stereocenters. The summed E-state index contributed by atoms with van der Waals surface area (Å²) in [6, 6.07) is 22.3. The molecule has 0 saturated carbocycles. The van der Waals surface area contributed by atoms with Gasteiger partial charge in [-0.25, -0.2) is 4.79 Å². The van der Waals surface area contributed by atoms with Crippen molar-refractivity contribution in [3.8, 4) is 5.75 Å². The van der Waals surface area contributed by atoms with Crippen molar-refractivity contribution in [1.82, 2.24) is 0 Å². The van der Waals surface area contributed by atoms with E-state index < -0.39 is 5.41 Å². The monoisotopic (exact) mass is 415 g/mol. The maximum Gasteiger partial charge on any atom is 0.331 e. The maximum atomic E-state index is 13.6. The van der Waals surface area contributed by atoms with E-state index in [1.165, 1.54) is 0 Å². The maximum absolute atomic E-state index is 13.6. The van der Waals surface area contributed by atoms with Crippen LogP contribution in [0.25, 0.3) is 0 Å². The number of hydrogen-bond donors (Lipinski definition) is 0. The molecule has 5 nitrogen and oxygen atoms in total. The third-order valence-electron chi connectivity index (χ3n) is 6.03. The Hall–Kier alpha value is -3.47. The minimum Gasteiger partial charge on any atom is -0.425 e. The smallest absolute Gasteiger partial charge is 0.331 e. The summed E-state index contributed by atoms with van der Waals surface area (Å²) < 4.78 is 5.89. The Balaban J connectivity index is 1.96. The number of esters is 1. The lowest BCUT2D eigenvalue weighted by Crippen LogP contribution is -2.36. The molecule has 1 aliphatic heterocycles. The molecular formula is C26H29N3O2. The number of benzene rings is 3. The van der Waals surface area contributed by atoms with E-state index in [0.717, 1.165) is 33.8 Å². The second-order valence-electron chi connectivity index (χ2n) is 8.60. The Kier molecular flexibility index (Phi) is 5.13. The second kappa shape index (κ2) is 7.65. The number of nitrogens with zero attached hydrogens (tertiary/aromatic N) is 3. The number of carbonyl (C=O) groups excluding carboxylic acids is 1. The molecule has 0 spiro atoms. The van der Waals surface area contributed by atoms with Gasteiger partial charge >= 0.3 is 5.97 Å². The topological polar surface area (TPSA) is 36.0 Å². The van der Waals surface area contributed by atoms with Gasteiger partial charge < -0.3 is 19.4 Å². The number of hydrogen-bond acceptors (Lipinski definition) is 5. The summed E-state index contributed by atoms with van der Waals surface area (Å²) >= 11 is 0. The molecule has 0 amide bonds. The van der Waals surface area contributed by atoms with E-state index in [1.807, 2.05) is 124 Å². The summed E-state index contributed by atoms with van der Waals surface area (Å²) in [5, 5.41) is 0. The summed E-state index contributed by atoms with van der Waals surface area (Å²) in [6.45, 7) is 0. The molecule has 160 valence electrons. The van der Waals surface area contributed by atoms with Crippen LogP contribution in [0.5, 0.6) is 5.75 Å². The molecule has 3 aromatic rings. The third kappa shape index (κ3) is 3.30. The minimum absolute atomic E-state index is 0.270. The van der Waals surface area contributed by atoms with Crippen molar-refractivity contribution in [2.45, 2.75) is 5.41 Å². The molecule has 0 radical (unpaired) electrons. The van der Waals surface area contributed by atoms with Gasteiger partial charge in [0.25, 0.3) is 0 Å². The van der Waals surface area contributed by atoms with E-state index in [1.54, 1.807) is 0 Å². The average Bonchev–Trinajstić information content (AvgIpc) is 3.05. The number of ether oxygens (including phenoxy) is 1. The molecule has 0 bridgehead atoms. The van der Waals surface area contributed by atoms with E-state index in [4.69, 9.17) is 4.74 Å². The van der Waals surface area contributed by atoms with Crippen LogP contribution in [0.4, 0.5) is 17.1 Å². The van der Waals surface area contributed by atoms with Crippen LogP contribution in [0.2, 0.25) is 0 Å². The summed E-state index contributed by atoms with van der Waals surface area (Å²) in [6.07, 6.45) is 0. The summed E-state index contributed by atoms with van der Waals surface area (Å²) in [5.74, 6) is 0.346. The predicted octanol–water partition coefficient (Wildman–Crippen LogP) is 4.14. The van der Waals surface area contributed by atoms with Crippen LogP contribution in [-0.2, 0) is 10.2 Å². The van der Waals surface area contributed by atoms with Gasteiger partial charge in [0, 0.05) is 71.0 Å². The van der Waals surface area contributed by atoms with Crippen molar-refractivity contribution >= 4 is 23.0 Å². The van der Waals surface area contributed by atoms with Gasteiger partial charge in [-0.3, -0.25) is 0 Å². The average molecular weight is 416 g/mol. The molecule has 0 fully saturated rings. The van der Waals surface area contributed by atoms with Crippen molar-refractivity contribution in [2.24, 2.45) is 0 Å². The van der Waals surface area contributed by atoms with Crippen molar-refractivity contribution in [2.75, 3.05) is 57.0 Å². The molecule has 0 aromatic heterocycles. The first-order chi connectivity index (χ1) is 14.7. The zero-order valence-electron chi connectivity index (χ0n) is 19.0. The Morgan fingerprint density at radius 1 is 0.613 bits per heavy atom. The van der Waals surface area contributed by atoms with Crippen molar-refractivity contribution in [3.05, 3.63) is 83.4 Å². The largest absolute Gasteiger partial charge is 0.425 e. The lowest BCUT2D eigenvalue weighted by atomic mass is 9.70. The SMILES string of the molecule is CN(C)c1ccc(C2(c3ccc(N(C)C)cc3)C(=O)Oc3cc(N(C)C)ccc32)cc1. The highest BCUT2D eigenvalue weighted by Gasteiger charge is 2.52. The van der Waals surface area contributed by atoms with Gasteiger partial charge in [0.15, 0.2) is 0 Å². The number of carbonyl (C=O) groups is 1. The Morgan fingerprint density at radius 2 is 1.03 bits per heavy atom. The Labute approximate surface area is 184 Å². The zero-order valence-corrected chi connectivity index (χ0v) is 19.0. The molecule has 0 saturated heterocycles. The molecule has 5 heteroatoms. The van der Waals surface area contributed by atoms with Gasteiger partial charge in [0.1, 0.15) is 11.2 Å². The first-order valence-electron chi connectivity index (χ1n) is 10.3. The van der Waals surface area contributed by atoms with Crippen LogP contribution in [0.15, 0.2) is 66.7 Å². The highest BCUT2D eigenvalue weighted by Crippen LogP contribution is 2.50. The molecule has 1 aliphatic rings. The first-order valence-corrected chi connectivity index (χ1v) is 10.3. The fraction of sp³-hybridized carbons (Fsp3) is 0.269. The van der Waals surface area contributed by atoms with Crippen LogP contribution >= 0.6 is 0 Å². The van der Waals surface area contributed by atoms with Crippen molar-refractivity contribution < 1.29 is 9.53 Å². The first kappa shape index (κ1) is 20.8. The standard InChI is InChI=1S/C26H29N3O2/c1-27(2)20-11-7-18(8-12-20)26(19-9-13-21(14-10-19)28(3)4)23-16-15-22(29(5)6)17-24(23)31-25(26)30/h7-17H,1-6H3. The van der Waals surface area contributed by atoms with E-state index >= 15 is 0 Å². The van der Waals surface area contributed by atoms with Gasteiger partial charge in [-0.05, 0) is 41.5 Å². The number of rotatable bonds is 5. The highest BCUT2D eigenvalue weighted by atomic mass is 16.5. The highest BCUT2D eigenvalue weighted by molar-refractivity contribution is 5.99. The van der Waals surface area contributed by atoms with E-state index in [9.17, 15) is 4.79 Å². The van der Waals surface area contributed by atoms with Crippen LogP contribution < -0.4 is 19.4 Å². The van der Waals surface area contributed by atoms with Crippen LogP contribution in [0, 0.1) is 0 Å². The molecule has 0 N–H and O–H groups in total. The number of fused-ring (bicyclic) bond motifs is 1. The third-order valence-corrected chi connectivity index (χ3v) is 6.03.